The van der Waals surface area contributed by atoms with Crippen LogP contribution in [-0.2, 0) is 0 Å². The average Bonchev–Trinajstić information content (AvgIpc) is 2.91. The number of para-hydroxylation sites is 2. The van der Waals surface area contributed by atoms with Gasteiger partial charge in [-0.1, -0.05) is 35.3 Å². The van der Waals surface area contributed by atoms with E-state index in [1.807, 2.05) is 24.3 Å². The first-order valence-electron chi connectivity index (χ1n) is 6.20. The van der Waals surface area contributed by atoms with Crippen molar-refractivity contribution in [2.45, 2.75) is 0 Å². The second-order valence-corrected chi connectivity index (χ2v) is 5.17. The van der Waals surface area contributed by atoms with Gasteiger partial charge in [0, 0.05) is 0 Å². The van der Waals surface area contributed by atoms with Crippen LogP contribution < -0.4 is 9.47 Å². The molecule has 4 nitrogen and oxygen atoms in total. The average molecular weight is 323 g/mol. The number of benzene rings is 2. The maximum Gasteiger partial charge on any atom is 0.159 e. The Hall–Kier alpha value is -1.91. The van der Waals surface area contributed by atoms with Gasteiger partial charge in [0.1, 0.15) is 10.8 Å². The summed E-state index contributed by atoms with van der Waals surface area (Å²) < 4.78 is 10.6. The molecule has 2 aromatic carbocycles. The summed E-state index contributed by atoms with van der Waals surface area (Å²) >= 11 is 12.5. The van der Waals surface area contributed by atoms with Gasteiger partial charge in [-0.25, -0.2) is 4.98 Å². The molecule has 1 heterocycles. The zero-order chi connectivity index (χ0) is 15.0. The number of halogens is 2. The number of H-pyrrole nitrogens is 1. The highest BCUT2D eigenvalue weighted by Gasteiger charge is 2.20. The molecule has 0 atom stereocenters. The van der Waals surface area contributed by atoms with E-state index in [4.69, 9.17) is 32.7 Å². The van der Waals surface area contributed by atoms with Gasteiger partial charge in [0.15, 0.2) is 11.5 Å². The van der Waals surface area contributed by atoms with E-state index in [0.717, 1.165) is 11.0 Å². The minimum Gasteiger partial charge on any atom is -0.494 e. The number of nitrogens with zero attached hydrogens (tertiary/aromatic N) is 1. The molecule has 0 aliphatic rings. The Morgan fingerprint density at radius 3 is 2.43 bits per heavy atom. The molecule has 21 heavy (non-hydrogen) atoms. The fourth-order valence-corrected chi connectivity index (χ4v) is 2.91. The number of hydrogen-bond acceptors (Lipinski definition) is 3. The van der Waals surface area contributed by atoms with Crippen LogP contribution in [0, 0.1) is 0 Å². The number of aromatic nitrogens is 2. The Morgan fingerprint density at radius 2 is 1.76 bits per heavy atom. The molecule has 0 amide bonds. The highest BCUT2D eigenvalue weighted by atomic mass is 35.5. The maximum atomic E-state index is 6.29. The first-order valence-corrected chi connectivity index (χ1v) is 6.96. The van der Waals surface area contributed by atoms with Gasteiger partial charge >= 0.3 is 0 Å². The lowest BCUT2D eigenvalue weighted by molar-refractivity contribution is 0.396. The molecule has 0 aliphatic carbocycles. The first-order chi connectivity index (χ1) is 10.2. The van der Waals surface area contributed by atoms with Gasteiger partial charge in [0.05, 0.1) is 35.8 Å². The van der Waals surface area contributed by atoms with E-state index < -0.39 is 0 Å². The molecule has 6 heteroatoms. The van der Waals surface area contributed by atoms with Gasteiger partial charge in [-0.15, -0.1) is 0 Å². The molecule has 0 unspecified atom stereocenters. The second kappa shape index (κ2) is 5.47. The summed E-state index contributed by atoms with van der Waals surface area (Å²) in [6, 6.07) is 9.47. The molecular formula is C15H12Cl2N2O2. The van der Waals surface area contributed by atoms with Crippen LogP contribution in [0.1, 0.15) is 0 Å². The Balaban J connectivity index is 2.26. The van der Waals surface area contributed by atoms with Crippen molar-refractivity contribution in [3.8, 4) is 22.9 Å². The molecule has 0 aliphatic heterocycles. The molecule has 0 spiro atoms. The molecular weight excluding hydrogens is 311 g/mol. The normalized spacial score (nSPS) is 10.9. The van der Waals surface area contributed by atoms with Crippen molar-refractivity contribution >= 4 is 34.2 Å². The SMILES string of the molecule is COc1c(Cl)cc(-c2nc3ccccc3[nH]2)c(OC)c1Cl. The van der Waals surface area contributed by atoms with E-state index in [-0.39, 0.29) is 0 Å². The lowest BCUT2D eigenvalue weighted by Crippen LogP contribution is -1.94. The molecule has 1 N–H and O–H groups in total. The minimum atomic E-state index is 0.322. The molecule has 0 radical (unpaired) electrons. The monoisotopic (exact) mass is 322 g/mol. The van der Waals surface area contributed by atoms with Gasteiger partial charge in [0.25, 0.3) is 0 Å². The summed E-state index contributed by atoms with van der Waals surface area (Å²) in [5, 5.41) is 0.724. The van der Waals surface area contributed by atoms with Crippen molar-refractivity contribution < 1.29 is 9.47 Å². The topological polar surface area (TPSA) is 47.1 Å². The molecule has 0 saturated carbocycles. The number of hydrogen-bond donors (Lipinski definition) is 1. The fraction of sp³-hybridized carbons (Fsp3) is 0.133. The van der Waals surface area contributed by atoms with Crippen LogP contribution in [0.3, 0.4) is 0 Å². The lowest BCUT2D eigenvalue weighted by atomic mass is 10.1. The van der Waals surface area contributed by atoms with E-state index in [1.54, 1.807) is 13.2 Å². The number of imidazole rings is 1. The van der Waals surface area contributed by atoms with Crippen molar-refractivity contribution in [3.05, 3.63) is 40.4 Å². The van der Waals surface area contributed by atoms with Crippen molar-refractivity contribution in [1.82, 2.24) is 9.97 Å². The van der Waals surface area contributed by atoms with E-state index >= 15 is 0 Å². The van der Waals surface area contributed by atoms with Gasteiger partial charge in [-0.3, -0.25) is 0 Å². The predicted molar refractivity (Wildman–Crippen MR) is 84.7 cm³/mol. The quantitative estimate of drug-likeness (QED) is 0.769. The summed E-state index contributed by atoms with van der Waals surface area (Å²) in [6.45, 7) is 0. The molecule has 1 aromatic heterocycles. The molecule has 3 rings (SSSR count). The van der Waals surface area contributed by atoms with Crippen molar-refractivity contribution in [3.63, 3.8) is 0 Å². The van der Waals surface area contributed by atoms with Crippen LogP contribution in [-0.4, -0.2) is 24.2 Å². The molecule has 0 bridgehead atoms. The number of nitrogens with one attached hydrogen (secondary N) is 1. The standard InChI is InChI=1S/C15H12Cl2N2O2/c1-20-13-8(7-9(16)14(21-2)12(13)17)15-18-10-5-3-4-6-11(10)19-15/h3-7H,1-2H3,(H,18,19). The van der Waals surface area contributed by atoms with E-state index in [9.17, 15) is 0 Å². The molecule has 3 aromatic rings. The van der Waals surface area contributed by atoms with E-state index in [1.165, 1.54) is 7.11 Å². The second-order valence-electron chi connectivity index (χ2n) is 4.39. The van der Waals surface area contributed by atoms with Gasteiger partial charge in [0.2, 0.25) is 0 Å². The Labute approximate surface area is 131 Å². The van der Waals surface area contributed by atoms with Crippen LogP contribution in [0.15, 0.2) is 30.3 Å². The zero-order valence-electron chi connectivity index (χ0n) is 11.4. The number of fused-ring (bicyclic) bond motifs is 1. The Bertz CT molecular complexity index is 782. The highest BCUT2D eigenvalue weighted by molar-refractivity contribution is 6.38. The summed E-state index contributed by atoms with van der Waals surface area (Å²) in [7, 11) is 3.05. The summed E-state index contributed by atoms with van der Waals surface area (Å²) in [5.41, 5.74) is 2.47. The van der Waals surface area contributed by atoms with Crippen LogP contribution in [0.4, 0.5) is 0 Å². The molecule has 108 valence electrons. The number of ether oxygens (including phenoxy) is 2. The largest absolute Gasteiger partial charge is 0.494 e. The first kappa shape index (κ1) is 14.0. The highest BCUT2D eigenvalue weighted by Crippen LogP contribution is 2.45. The van der Waals surface area contributed by atoms with Gasteiger partial charge in [-0.05, 0) is 18.2 Å². The van der Waals surface area contributed by atoms with E-state index in [2.05, 4.69) is 9.97 Å². The number of aromatic amines is 1. The van der Waals surface area contributed by atoms with E-state index in [0.29, 0.717) is 32.9 Å². The smallest absolute Gasteiger partial charge is 0.159 e. The van der Waals surface area contributed by atoms with Crippen molar-refractivity contribution in [2.24, 2.45) is 0 Å². The van der Waals surface area contributed by atoms with Gasteiger partial charge < -0.3 is 14.5 Å². The molecule has 0 saturated heterocycles. The zero-order valence-corrected chi connectivity index (χ0v) is 12.9. The Kier molecular flexibility index (Phi) is 3.66. The van der Waals surface area contributed by atoms with Crippen LogP contribution in [0.25, 0.3) is 22.4 Å². The number of methoxy groups -OCH3 is 2. The van der Waals surface area contributed by atoms with Crippen molar-refractivity contribution in [2.75, 3.05) is 14.2 Å². The third-order valence-corrected chi connectivity index (χ3v) is 3.81. The van der Waals surface area contributed by atoms with Crippen molar-refractivity contribution in [1.29, 1.82) is 0 Å². The van der Waals surface area contributed by atoms with Gasteiger partial charge in [-0.2, -0.15) is 0 Å². The minimum absolute atomic E-state index is 0.322. The Morgan fingerprint density at radius 1 is 1.05 bits per heavy atom. The third-order valence-electron chi connectivity index (χ3n) is 3.18. The van der Waals surface area contributed by atoms with Crippen LogP contribution >= 0.6 is 23.2 Å². The molecule has 0 fully saturated rings. The summed E-state index contributed by atoms with van der Waals surface area (Å²) in [5.74, 6) is 1.49. The lowest BCUT2D eigenvalue weighted by Gasteiger charge is -2.13. The van der Waals surface area contributed by atoms with Crippen LogP contribution in [0.2, 0.25) is 10.0 Å². The summed E-state index contributed by atoms with van der Waals surface area (Å²) in [6.07, 6.45) is 0. The third kappa shape index (κ3) is 2.30. The maximum absolute atomic E-state index is 6.29. The summed E-state index contributed by atoms with van der Waals surface area (Å²) in [4.78, 5) is 7.76. The predicted octanol–water partition coefficient (Wildman–Crippen LogP) is 4.55. The number of rotatable bonds is 3. The fourth-order valence-electron chi connectivity index (χ4n) is 2.23. The van der Waals surface area contributed by atoms with Crippen LogP contribution in [0.5, 0.6) is 11.5 Å².